The molecule has 0 aliphatic rings. The minimum absolute atomic E-state index is 0.147. The third kappa shape index (κ3) is 52.3. The van der Waals surface area contributed by atoms with Crippen molar-refractivity contribution in [2.75, 3.05) is 81.8 Å². The van der Waals surface area contributed by atoms with Gasteiger partial charge in [-0.1, -0.05) is 174 Å². The van der Waals surface area contributed by atoms with Gasteiger partial charge in [-0.05, 0) is 151 Å². The van der Waals surface area contributed by atoms with Crippen molar-refractivity contribution in [2.24, 2.45) is 0 Å². The van der Waals surface area contributed by atoms with Crippen LogP contribution in [-0.4, -0.2) is 155 Å². The molecule has 0 aromatic carbocycles. The molecule has 0 aliphatic heterocycles. The van der Waals surface area contributed by atoms with E-state index in [9.17, 15) is 37.5 Å². The molecule has 0 spiro atoms. The summed E-state index contributed by atoms with van der Waals surface area (Å²) >= 11 is 0. The number of ether oxygens (including phenoxy) is 4. The van der Waals surface area contributed by atoms with Gasteiger partial charge >= 0.3 is 23.9 Å². The van der Waals surface area contributed by atoms with Crippen molar-refractivity contribution in [3.8, 4) is 0 Å². The monoisotopic (exact) mass is 1230 g/mol. The second kappa shape index (κ2) is 61.6. The van der Waals surface area contributed by atoms with Crippen LogP contribution in [-0.2, 0) is 47.7 Å². The predicted molar refractivity (Wildman–Crippen MR) is 349 cm³/mol. The molecule has 506 valence electrons. The van der Waals surface area contributed by atoms with Crippen molar-refractivity contribution in [1.82, 2.24) is 19.6 Å². The highest BCUT2D eigenvalue weighted by atomic mass is 19.1. The molecule has 3 atom stereocenters. The van der Waals surface area contributed by atoms with E-state index in [0.29, 0.717) is 38.5 Å². The summed E-state index contributed by atoms with van der Waals surface area (Å²) in [6, 6.07) is 0.476. The van der Waals surface area contributed by atoms with E-state index in [4.69, 9.17) is 18.9 Å². The van der Waals surface area contributed by atoms with Gasteiger partial charge in [0.25, 0.3) is 0 Å². The number of esters is 4. The number of halogens is 2. The van der Waals surface area contributed by atoms with E-state index >= 15 is 0 Å². The summed E-state index contributed by atoms with van der Waals surface area (Å²) in [4.78, 5) is 81.5. The number of allylic oxidation sites excluding steroid dienone is 1. The molecule has 0 heterocycles. The average Bonchev–Trinajstić information content (AvgIpc) is 3.57. The Morgan fingerprint density at radius 2 is 0.733 bits per heavy atom. The first-order valence-corrected chi connectivity index (χ1v) is 34.9. The Morgan fingerprint density at radius 1 is 0.395 bits per heavy atom. The predicted octanol–water partition coefficient (Wildman–Crippen LogP) is 17.0. The van der Waals surface area contributed by atoms with Gasteiger partial charge in [-0.3, -0.25) is 19.2 Å². The lowest BCUT2D eigenvalue weighted by atomic mass is 9.97. The standard InChI is InChI=1S/C35H67FN2O5.C35H65FN2O5/c2*1-6-8-9-10-11-13-18-24-31(25-19-15-16-20-26-32(36)35(41)43-7-2)38(33(39)27-23-29-37(3)4)30-22-17-12-14-21-28-34(40)42-5/h31-32H,6-30H2,1-5H3;26,31H,6-25,27-30H2,1-5H3/b;32-26-. The highest BCUT2D eigenvalue weighted by molar-refractivity contribution is 5.85. The Bertz CT molecular complexity index is 1670. The van der Waals surface area contributed by atoms with Gasteiger partial charge < -0.3 is 38.5 Å². The normalized spacial score (nSPS) is 12.6. The van der Waals surface area contributed by atoms with Crippen LogP contribution in [0.15, 0.2) is 11.9 Å². The number of hydrogen-bond donors (Lipinski definition) is 0. The highest BCUT2D eigenvalue weighted by Crippen LogP contribution is 2.24. The molecule has 0 radical (unpaired) electrons. The van der Waals surface area contributed by atoms with Gasteiger partial charge in [0.05, 0.1) is 27.4 Å². The molecule has 0 saturated carbocycles. The first kappa shape index (κ1) is 84.4. The molecule has 0 aromatic heterocycles. The maximum Gasteiger partial charge on any atom is 0.366 e. The van der Waals surface area contributed by atoms with Crippen LogP contribution in [0.2, 0.25) is 0 Å². The summed E-state index contributed by atoms with van der Waals surface area (Å²) in [5, 5.41) is 0. The van der Waals surface area contributed by atoms with Crippen molar-refractivity contribution >= 4 is 35.7 Å². The summed E-state index contributed by atoms with van der Waals surface area (Å²) in [7, 11) is 11.0. The Hall–Kier alpha value is -3.66. The van der Waals surface area contributed by atoms with Crippen LogP contribution in [0.1, 0.15) is 304 Å². The molecule has 3 unspecified atom stereocenters. The summed E-state index contributed by atoms with van der Waals surface area (Å²) in [5.74, 6) is -2.20. The number of alkyl halides is 1. The van der Waals surface area contributed by atoms with Crippen molar-refractivity contribution in [3.63, 3.8) is 0 Å². The number of nitrogens with zero attached hydrogens (tertiary/aromatic N) is 4. The zero-order chi connectivity index (χ0) is 64.3. The van der Waals surface area contributed by atoms with Crippen LogP contribution in [0.5, 0.6) is 0 Å². The van der Waals surface area contributed by atoms with Gasteiger partial charge in [0.1, 0.15) is 0 Å². The smallest absolute Gasteiger partial charge is 0.366 e. The second-order valence-electron chi connectivity index (χ2n) is 24.4. The van der Waals surface area contributed by atoms with Crippen molar-refractivity contribution in [3.05, 3.63) is 11.9 Å². The van der Waals surface area contributed by atoms with E-state index in [0.717, 1.165) is 180 Å². The molecule has 0 aromatic rings. The van der Waals surface area contributed by atoms with E-state index in [2.05, 4.69) is 33.4 Å². The fourth-order valence-electron chi connectivity index (χ4n) is 11.0. The van der Waals surface area contributed by atoms with Crippen LogP contribution in [0, 0.1) is 0 Å². The lowest BCUT2D eigenvalue weighted by molar-refractivity contribution is -0.149. The Balaban J connectivity index is 0. The van der Waals surface area contributed by atoms with Crippen LogP contribution in [0.25, 0.3) is 0 Å². The molecule has 16 heteroatoms. The van der Waals surface area contributed by atoms with E-state index in [-0.39, 0.29) is 55.5 Å². The number of rotatable bonds is 59. The molecule has 86 heavy (non-hydrogen) atoms. The van der Waals surface area contributed by atoms with Crippen LogP contribution in [0.4, 0.5) is 8.78 Å². The minimum Gasteiger partial charge on any atom is -0.469 e. The maximum atomic E-state index is 14.0. The third-order valence-corrected chi connectivity index (χ3v) is 16.1. The summed E-state index contributed by atoms with van der Waals surface area (Å²) in [5.41, 5.74) is 0. The highest BCUT2D eigenvalue weighted by Gasteiger charge is 2.25. The van der Waals surface area contributed by atoms with E-state index in [1.54, 1.807) is 13.8 Å². The van der Waals surface area contributed by atoms with Gasteiger partial charge in [0.2, 0.25) is 17.6 Å². The maximum absolute atomic E-state index is 14.0. The first-order chi connectivity index (χ1) is 41.5. The lowest BCUT2D eigenvalue weighted by Crippen LogP contribution is -2.41. The molecular formula is C70H132F2N4O10. The first-order valence-electron chi connectivity index (χ1n) is 34.9. The molecule has 0 rings (SSSR count). The van der Waals surface area contributed by atoms with Crippen molar-refractivity contribution < 1.29 is 56.5 Å². The van der Waals surface area contributed by atoms with Gasteiger partial charge in [-0.25, -0.2) is 14.0 Å². The van der Waals surface area contributed by atoms with Crippen LogP contribution < -0.4 is 0 Å². The van der Waals surface area contributed by atoms with E-state index < -0.39 is 23.9 Å². The number of unbranched alkanes of at least 4 members (excludes halogenated alkanes) is 26. The molecule has 0 aliphatic carbocycles. The Morgan fingerprint density at radius 3 is 1.09 bits per heavy atom. The van der Waals surface area contributed by atoms with Gasteiger partial charge in [0.15, 0.2) is 6.17 Å². The number of amides is 2. The SMILES string of the molecule is CCCCCCCCCC(CCCCC/C=C(\F)C(=O)OCC)N(CCCCCCCC(=O)OC)C(=O)CCCN(C)C.CCCCCCCCCC(CCCCCCC(F)C(=O)OCC)N(CCCCCCCC(=O)OC)C(=O)CCCN(C)C. The molecule has 14 nitrogen and oxygen atoms in total. The quantitative estimate of drug-likeness (QED) is 0.0247. The molecule has 0 saturated heterocycles. The van der Waals surface area contributed by atoms with Crippen LogP contribution >= 0.6 is 0 Å². The van der Waals surface area contributed by atoms with Crippen LogP contribution in [0.3, 0.4) is 0 Å². The lowest BCUT2D eigenvalue weighted by Gasteiger charge is -2.33. The summed E-state index contributed by atoms with van der Waals surface area (Å²) < 4.78 is 46.7. The molecule has 2 amide bonds. The topological polar surface area (TPSA) is 152 Å². The summed E-state index contributed by atoms with van der Waals surface area (Å²) in [6.45, 7) is 11.6. The average molecular weight is 1230 g/mol. The Labute approximate surface area is 525 Å². The fourth-order valence-corrected chi connectivity index (χ4v) is 11.0. The third-order valence-electron chi connectivity index (χ3n) is 16.1. The zero-order valence-electron chi connectivity index (χ0n) is 57.1. The van der Waals surface area contributed by atoms with Gasteiger partial charge in [0, 0.05) is 50.9 Å². The number of carbonyl (C=O) groups is 6. The van der Waals surface area contributed by atoms with E-state index in [1.807, 2.05) is 28.2 Å². The Kier molecular flexibility index (Phi) is 60.4. The molecular weight excluding hydrogens is 1090 g/mol. The second-order valence-corrected chi connectivity index (χ2v) is 24.4. The largest absolute Gasteiger partial charge is 0.469 e. The number of methoxy groups -OCH3 is 2. The summed E-state index contributed by atoms with van der Waals surface area (Å²) in [6.07, 6.45) is 42.1. The van der Waals surface area contributed by atoms with Gasteiger partial charge in [-0.2, -0.15) is 4.39 Å². The van der Waals surface area contributed by atoms with Crippen molar-refractivity contribution in [1.29, 1.82) is 0 Å². The van der Waals surface area contributed by atoms with Crippen molar-refractivity contribution in [2.45, 2.75) is 322 Å². The van der Waals surface area contributed by atoms with E-state index in [1.165, 1.54) is 97.3 Å². The molecule has 0 fully saturated rings. The minimum atomic E-state index is -1.53. The zero-order valence-corrected chi connectivity index (χ0v) is 57.1. The number of hydrogen-bond acceptors (Lipinski definition) is 12. The fraction of sp³-hybridized carbons (Fsp3) is 0.886. The molecule has 0 bridgehead atoms. The van der Waals surface area contributed by atoms with Gasteiger partial charge in [-0.15, -0.1) is 0 Å². The molecule has 0 N–H and O–H groups in total. The number of carbonyl (C=O) groups excluding carboxylic acids is 6.